The molecule has 13 heteroatoms. The van der Waals surface area contributed by atoms with Gasteiger partial charge in [0.1, 0.15) is 18.1 Å². The van der Waals surface area contributed by atoms with Gasteiger partial charge in [0.25, 0.3) is 0 Å². The molecule has 1 saturated heterocycles. The lowest BCUT2D eigenvalue weighted by Crippen LogP contribution is -2.60. The van der Waals surface area contributed by atoms with Crippen LogP contribution in [0.3, 0.4) is 0 Å². The molecule has 12 nitrogen and oxygen atoms in total. The van der Waals surface area contributed by atoms with Crippen molar-refractivity contribution in [1.29, 1.82) is 0 Å². The molecule has 1 fully saturated rings. The van der Waals surface area contributed by atoms with Crippen molar-refractivity contribution < 1.29 is 34.2 Å². The highest BCUT2D eigenvalue weighted by Crippen LogP contribution is 2.19. The van der Waals surface area contributed by atoms with E-state index >= 15 is 0 Å². The number of aliphatic hydroxyl groups excluding tert-OH is 1. The minimum Gasteiger partial charge on any atom is -0.480 e. The number of carbonyl (C=O) groups excluding carboxylic acids is 4. The first kappa shape index (κ1) is 25.7. The summed E-state index contributed by atoms with van der Waals surface area (Å²) in [6, 6.07) is -4.69. The van der Waals surface area contributed by atoms with Crippen molar-refractivity contribution >= 4 is 42.2 Å². The predicted molar refractivity (Wildman–Crippen MR) is 108 cm³/mol. The van der Waals surface area contributed by atoms with Gasteiger partial charge in [0.2, 0.25) is 23.6 Å². The number of thiol groups is 1. The highest BCUT2D eigenvalue weighted by Gasteiger charge is 2.38. The third kappa shape index (κ3) is 7.15. The molecule has 170 valence electrons. The Labute approximate surface area is 179 Å². The van der Waals surface area contributed by atoms with Crippen LogP contribution >= 0.6 is 12.6 Å². The number of aliphatic carboxylic acids is 1. The standard InChI is InChI=1S/C17H29N5O7S/c1-8(23)13(21-14(25)9(18)4-5-12(19)24)15(26)20-10(7-30)16(27)22-6-2-3-11(22)17(28)29/h8-11,13,23,30H,2-7,18H2,1H3,(H2,19,24)(H,20,26)(H,21,25)(H,28,29). The number of carbonyl (C=O) groups is 5. The van der Waals surface area contributed by atoms with Crippen molar-refractivity contribution in [3.8, 4) is 0 Å². The Morgan fingerprint density at radius 2 is 1.83 bits per heavy atom. The van der Waals surface area contributed by atoms with Gasteiger partial charge in [0, 0.05) is 18.7 Å². The minimum atomic E-state index is -1.43. The van der Waals surface area contributed by atoms with Crippen LogP contribution in [0.25, 0.3) is 0 Å². The normalized spacial score (nSPS) is 20.0. The second kappa shape index (κ2) is 11.7. The first-order valence-corrected chi connectivity index (χ1v) is 10.1. The molecule has 4 amide bonds. The van der Waals surface area contributed by atoms with E-state index < -0.39 is 59.9 Å². The smallest absolute Gasteiger partial charge is 0.326 e. The van der Waals surface area contributed by atoms with Crippen molar-refractivity contribution in [2.45, 2.75) is 62.9 Å². The Kier molecular flexibility index (Phi) is 10.0. The van der Waals surface area contributed by atoms with Gasteiger partial charge in [-0.2, -0.15) is 12.6 Å². The highest BCUT2D eigenvalue weighted by molar-refractivity contribution is 7.80. The van der Waals surface area contributed by atoms with Crippen molar-refractivity contribution in [1.82, 2.24) is 15.5 Å². The fraction of sp³-hybridized carbons (Fsp3) is 0.706. The molecule has 30 heavy (non-hydrogen) atoms. The van der Waals surface area contributed by atoms with E-state index in [0.29, 0.717) is 12.8 Å². The summed E-state index contributed by atoms with van der Waals surface area (Å²) in [5.41, 5.74) is 10.7. The molecule has 1 heterocycles. The van der Waals surface area contributed by atoms with Crippen molar-refractivity contribution in [2.24, 2.45) is 11.5 Å². The second-order valence-electron chi connectivity index (χ2n) is 7.11. The van der Waals surface area contributed by atoms with Crippen LogP contribution in [0.2, 0.25) is 0 Å². The number of rotatable bonds is 11. The molecule has 0 radical (unpaired) electrons. The summed E-state index contributed by atoms with van der Waals surface area (Å²) >= 11 is 4.05. The fourth-order valence-electron chi connectivity index (χ4n) is 3.03. The number of hydrogen-bond acceptors (Lipinski definition) is 8. The highest BCUT2D eigenvalue weighted by atomic mass is 32.1. The second-order valence-corrected chi connectivity index (χ2v) is 7.48. The van der Waals surface area contributed by atoms with Crippen LogP contribution in [0.4, 0.5) is 0 Å². The summed E-state index contributed by atoms with van der Waals surface area (Å²) in [5.74, 6) is -4.15. The Morgan fingerprint density at radius 1 is 1.20 bits per heavy atom. The lowest BCUT2D eigenvalue weighted by atomic mass is 10.1. The largest absolute Gasteiger partial charge is 0.480 e. The number of carboxylic acids is 1. The monoisotopic (exact) mass is 447 g/mol. The summed E-state index contributed by atoms with van der Waals surface area (Å²) in [6.07, 6.45) is -0.670. The quantitative estimate of drug-likeness (QED) is 0.161. The lowest BCUT2D eigenvalue weighted by molar-refractivity contribution is -0.149. The average molecular weight is 448 g/mol. The maximum Gasteiger partial charge on any atom is 0.326 e. The SMILES string of the molecule is CC(O)C(NC(=O)C(N)CCC(N)=O)C(=O)NC(CS)C(=O)N1CCCC1C(=O)O. The first-order chi connectivity index (χ1) is 14.0. The molecular weight excluding hydrogens is 418 g/mol. The third-order valence-corrected chi connectivity index (χ3v) is 5.08. The molecule has 0 aliphatic carbocycles. The van der Waals surface area contributed by atoms with E-state index in [1.807, 2.05) is 0 Å². The summed E-state index contributed by atoms with van der Waals surface area (Å²) in [5, 5.41) is 23.8. The zero-order valence-electron chi connectivity index (χ0n) is 16.6. The van der Waals surface area contributed by atoms with Crippen LogP contribution in [-0.4, -0.2) is 87.3 Å². The molecule has 0 aromatic heterocycles. The molecule has 0 aromatic carbocycles. The maximum atomic E-state index is 12.7. The number of nitrogens with zero attached hydrogens (tertiary/aromatic N) is 1. The lowest BCUT2D eigenvalue weighted by Gasteiger charge is -2.28. The van der Waals surface area contributed by atoms with Gasteiger partial charge in [-0.25, -0.2) is 4.79 Å². The molecule has 5 atom stereocenters. The van der Waals surface area contributed by atoms with Gasteiger partial charge in [-0.1, -0.05) is 0 Å². The maximum absolute atomic E-state index is 12.7. The Hall–Kier alpha value is -2.38. The van der Waals surface area contributed by atoms with E-state index in [1.165, 1.54) is 11.8 Å². The molecule has 1 rings (SSSR count). The number of nitrogens with two attached hydrogens (primary N) is 2. The van der Waals surface area contributed by atoms with Crippen molar-refractivity contribution in [3.63, 3.8) is 0 Å². The molecule has 0 aromatic rings. The summed E-state index contributed by atoms with van der Waals surface area (Å²) < 4.78 is 0. The van der Waals surface area contributed by atoms with E-state index in [1.54, 1.807) is 0 Å². The van der Waals surface area contributed by atoms with E-state index in [9.17, 15) is 34.2 Å². The fourth-order valence-corrected chi connectivity index (χ4v) is 3.28. The Bertz CT molecular complexity index is 675. The van der Waals surface area contributed by atoms with Gasteiger partial charge in [-0.05, 0) is 26.2 Å². The predicted octanol–water partition coefficient (Wildman–Crippen LogP) is -3.06. The van der Waals surface area contributed by atoms with E-state index in [-0.39, 0.29) is 25.1 Å². The number of likely N-dealkylation sites (tertiary alicyclic amines) is 1. The zero-order valence-corrected chi connectivity index (χ0v) is 17.5. The van der Waals surface area contributed by atoms with Gasteiger partial charge in [-0.3, -0.25) is 19.2 Å². The summed E-state index contributed by atoms with van der Waals surface area (Å²) in [7, 11) is 0. The third-order valence-electron chi connectivity index (χ3n) is 4.72. The zero-order chi connectivity index (χ0) is 23.0. The van der Waals surface area contributed by atoms with E-state index in [0.717, 1.165) is 0 Å². The van der Waals surface area contributed by atoms with Gasteiger partial charge in [-0.15, -0.1) is 0 Å². The van der Waals surface area contributed by atoms with Gasteiger partial charge in [0.05, 0.1) is 12.1 Å². The number of amides is 4. The van der Waals surface area contributed by atoms with Crippen LogP contribution in [0.5, 0.6) is 0 Å². The first-order valence-electron chi connectivity index (χ1n) is 9.46. The van der Waals surface area contributed by atoms with Gasteiger partial charge < -0.3 is 37.2 Å². The van der Waals surface area contributed by atoms with E-state index in [2.05, 4.69) is 23.3 Å². The molecule has 0 bridgehead atoms. The molecule has 5 unspecified atom stereocenters. The minimum absolute atomic E-state index is 0.0431. The van der Waals surface area contributed by atoms with Gasteiger partial charge in [0.15, 0.2) is 0 Å². The number of primary amides is 1. The number of carboxylic acid groups (broad SMARTS) is 1. The molecular formula is C17H29N5O7S. The van der Waals surface area contributed by atoms with Crippen LogP contribution in [-0.2, 0) is 24.0 Å². The molecule has 1 aliphatic rings. The van der Waals surface area contributed by atoms with Crippen LogP contribution in [0.15, 0.2) is 0 Å². The summed E-state index contributed by atoms with van der Waals surface area (Å²) in [4.78, 5) is 60.7. The number of aliphatic hydroxyl groups is 1. The molecule has 0 saturated carbocycles. The van der Waals surface area contributed by atoms with Crippen molar-refractivity contribution in [2.75, 3.05) is 12.3 Å². The number of hydrogen-bond donors (Lipinski definition) is 7. The van der Waals surface area contributed by atoms with Crippen LogP contribution < -0.4 is 22.1 Å². The molecule has 8 N–H and O–H groups in total. The summed E-state index contributed by atoms with van der Waals surface area (Å²) in [6.45, 7) is 1.50. The molecule has 0 spiro atoms. The Balaban J connectivity index is 2.80. The topological polar surface area (TPSA) is 205 Å². The van der Waals surface area contributed by atoms with Crippen LogP contribution in [0, 0.1) is 0 Å². The van der Waals surface area contributed by atoms with Crippen molar-refractivity contribution in [3.05, 3.63) is 0 Å². The average Bonchev–Trinajstić information content (AvgIpc) is 3.17. The molecule has 1 aliphatic heterocycles. The van der Waals surface area contributed by atoms with Crippen LogP contribution in [0.1, 0.15) is 32.6 Å². The van der Waals surface area contributed by atoms with E-state index in [4.69, 9.17) is 11.5 Å². The van der Waals surface area contributed by atoms with Gasteiger partial charge >= 0.3 is 5.97 Å². The Morgan fingerprint density at radius 3 is 2.33 bits per heavy atom. The number of nitrogens with one attached hydrogen (secondary N) is 2.